The van der Waals surface area contributed by atoms with E-state index in [0.29, 0.717) is 12.1 Å². The molecule has 0 spiro atoms. The van der Waals surface area contributed by atoms with Crippen molar-refractivity contribution >= 4 is 21.8 Å². The SMILES string of the molecule is O=C(NCc1ccccn1)c1cccc(CBr)c1. The molecule has 0 aliphatic carbocycles. The zero-order valence-corrected chi connectivity index (χ0v) is 11.4. The summed E-state index contributed by atoms with van der Waals surface area (Å²) < 4.78 is 0. The molecule has 0 bridgehead atoms. The Morgan fingerprint density at radius 1 is 1.22 bits per heavy atom. The zero-order valence-electron chi connectivity index (χ0n) is 9.77. The summed E-state index contributed by atoms with van der Waals surface area (Å²) in [6, 6.07) is 13.2. The van der Waals surface area contributed by atoms with Crippen molar-refractivity contribution in [2.24, 2.45) is 0 Å². The molecule has 4 heteroatoms. The van der Waals surface area contributed by atoms with Gasteiger partial charge in [0.2, 0.25) is 0 Å². The second kappa shape index (κ2) is 6.31. The number of rotatable bonds is 4. The van der Waals surface area contributed by atoms with Crippen molar-refractivity contribution in [1.29, 1.82) is 0 Å². The molecule has 0 atom stereocenters. The van der Waals surface area contributed by atoms with Gasteiger partial charge in [-0.05, 0) is 29.8 Å². The third-order valence-electron chi connectivity index (χ3n) is 2.50. The molecule has 1 amide bonds. The minimum absolute atomic E-state index is 0.0801. The molecule has 0 aliphatic heterocycles. The molecule has 0 saturated carbocycles. The van der Waals surface area contributed by atoms with E-state index >= 15 is 0 Å². The Kier molecular flexibility index (Phi) is 4.47. The van der Waals surface area contributed by atoms with E-state index < -0.39 is 0 Å². The first-order chi connectivity index (χ1) is 8.79. The smallest absolute Gasteiger partial charge is 0.251 e. The van der Waals surface area contributed by atoms with E-state index in [0.717, 1.165) is 16.6 Å². The Bertz CT molecular complexity index is 528. The summed E-state index contributed by atoms with van der Waals surface area (Å²) >= 11 is 3.37. The molecule has 1 heterocycles. The molecular formula is C14H13BrN2O. The monoisotopic (exact) mass is 304 g/mol. The molecule has 2 rings (SSSR count). The molecule has 0 saturated heterocycles. The van der Waals surface area contributed by atoms with Gasteiger partial charge in [-0.1, -0.05) is 34.1 Å². The first-order valence-corrected chi connectivity index (χ1v) is 6.75. The average Bonchev–Trinajstić information content (AvgIpc) is 2.46. The lowest BCUT2D eigenvalue weighted by Gasteiger charge is -2.05. The van der Waals surface area contributed by atoms with Gasteiger partial charge in [0.15, 0.2) is 0 Å². The summed E-state index contributed by atoms with van der Waals surface area (Å²) in [7, 11) is 0. The molecule has 18 heavy (non-hydrogen) atoms. The maximum absolute atomic E-state index is 11.9. The number of alkyl halides is 1. The van der Waals surface area contributed by atoms with Crippen LogP contribution in [-0.2, 0) is 11.9 Å². The number of nitrogens with one attached hydrogen (secondary N) is 1. The van der Waals surface area contributed by atoms with Gasteiger partial charge >= 0.3 is 0 Å². The number of nitrogens with zero attached hydrogens (tertiary/aromatic N) is 1. The Morgan fingerprint density at radius 2 is 2.11 bits per heavy atom. The van der Waals surface area contributed by atoms with Gasteiger partial charge < -0.3 is 5.32 Å². The average molecular weight is 305 g/mol. The minimum atomic E-state index is -0.0801. The predicted molar refractivity (Wildman–Crippen MR) is 74.5 cm³/mol. The van der Waals surface area contributed by atoms with Crippen LogP contribution in [0.15, 0.2) is 48.7 Å². The first-order valence-electron chi connectivity index (χ1n) is 5.62. The Balaban J connectivity index is 1.99. The first kappa shape index (κ1) is 12.8. The van der Waals surface area contributed by atoms with Crippen molar-refractivity contribution in [3.05, 3.63) is 65.5 Å². The lowest BCUT2D eigenvalue weighted by atomic mass is 10.1. The fourth-order valence-corrected chi connectivity index (χ4v) is 1.92. The van der Waals surface area contributed by atoms with Crippen LogP contribution in [0.5, 0.6) is 0 Å². The fraction of sp³-hybridized carbons (Fsp3) is 0.143. The van der Waals surface area contributed by atoms with Crippen LogP contribution in [0, 0.1) is 0 Å². The van der Waals surface area contributed by atoms with E-state index in [-0.39, 0.29) is 5.91 Å². The van der Waals surface area contributed by atoms with Gasteiger partial charge in [0.05, 0.1) is 12.2 Å². The summed E-state index contributed by atoms with van der Waals surface area (Å²) in [4.78, 5) is 16.1. The lowest BCUT2D eigenvalue weighted by molar-refractivity contribution is 0.0950. The quantitative estimate of drug-likeness (QED) is 0.883. The molecule has 1 N–H and O–H groups in total. The normalized spacial score (nSPS) is 10.1. The topological polar surface area (TPSA) is 42.0 Å². The molecule has 1 aromatic heterocycles. The molecule has 0 unspecified atom stereocenters. The van der Waals surface area contributed by atoms with E-state index in [1.807, 2.05) is 36.4 Å². The summed E-state index contributed by atoms with van der Waals surface area (Å²) in [5, 5.41) is 3.59. The summed E-state index contributed by atoms with van der Waals surface area (Å²) in [6.45, 7) is 0.443. The van der Waals surface area contributed by atoms with E-state index in [1.165, 1.54) is 0 Å². The van der Waals surface area contributed by atoms with Crippen molar-refractivity contribution in [2.45, 2.75) is 11.9 Å². The van der Waals surface area contributed by atoms with E-state index in [4.69, 9.17) is 0 Å². The number of pyridine rings is 1. The minimum Gasteiger partial charge on any atom is -0.346 e. The Morgan fingerprint density at radius 3 is 2.83 bits per heavy atom. The predicted octanol–water partition coefficient (Wildman–Crippen LogP) is 2.91. The second-order valence-electron chi connectivity index (χ2n) is 3.84. The van der Waals surface area contributed by atoms with Crippen molar-refractivity contribution in [1.82, 2.24) is 10.3 Å². The molecular weight excluding hydrogens is 292 g/mol. The van der Waals surface area contributed by atoms with Crippen LogP contribution in [0.25, 0.3) is 0 Å². The van der Waals surface area contributed by atoms with Gasteiger partial charge in [0.1, 0.15) is 0 Å². The van der Waals surface area contributed by atoms with Crippen LogP contribution in [-0.4, -0.2) is 10.9 Å². The highest BCUT2D eigenvalue weighted by Crippen LogP contribution is 2.09. The lowest BCUT2D eigenvalue weighted by Crippen LogP contribution is -2.23. The molecule has 0 aliphatic rings. The number of halogens is 1. The highest BCUT2D eigenvalue weighted by Gasteiger charge is 2.05. The largest absolute Gasteiger partial charge is 0.346 e. The summed E-state index contributed by atoms with van der Waals surface area (Å²) in [6.07, 6.45) is 1.72. The zero-order chi connectivity index (χ0) is 12.8. The molecule has 0 fully saturated rings. The molecule has 1 aromatic carbocycles. The number of hydrogen-bond donors (Lipinski definition) is 1. The highest BCUT2D eigenvalue weighted by molar-refractivity contribution is 9.08. The summed E-state index contributed by atoms with van der Waals surface area (Å²) in [5.74, 6) is -0.0801. The molecule has 0 radical (unpaired) electrons. The van der Waals surface area contributed by atoms with Gasteiger partial charge in [-0.25, -0.2) is 0 Å². The highest BCUT2D eigenvalue weighted by atomic mass is 79.9. The molecule has 2 aromatic rings. The van der Waals surface area contributed by atoms with Crippen molar-refractivity contribution in [3.8, 4) is 0 Å². The third-order valence-corrected chi connectivity index (χ3v) is 3.15. The van der Waals surface area contributed by atoms with Gasteiger partial charge in [-0.3, -0.25) is 9.78 Å². The number of carbonyl (C=O) groups is 1. The second-order valence-corrected chi connectivity index (χ2v) is 4.40. The van der Waals surface area contributed by atoms with Crippen LogP contribution in [0.2, 0.25) is 0 Å². The van der Waals surface area contributed by atoms with Gasteiger partial charge in [0, 0.05) is 17.1 Å². The van der Waals surface area contributed by atoms with Gasteiger partial charge in [-0.2, -0.15) is 0 Å². The van der Waals surface area contributed by atoms with Crippen LogP contribution < -0.4 is 5.32 Å². The number of benzene rings is 1. The van der Waals surface area contributed by atoms with Crippen molar-refractivity contribution in [2.75, 3.05) is 0 Å². The standard InChI is InChI=1S/C14H13BrN2O/c15-9-11-4-3-5-12(8-11)14(18)17-10-13-6-1-2-7-16-13/h1-8H,9-10H2,(H,17,18). The van der Waals surface area contributed by atoms with E-state index in [2.05, 4.69) is 26.2 Å². The maximum Gasteiger partial charge on any atom is 0.251 e. The van der Waals surface area contributed by atoms with Gasteiger partial charge in [-0.15, -0.1) is 0 Å². The van der Waals surface area contributed by atoms with Crippen molar-refractivity contribution < 1.29 is 4.79 Å². The van der Waals surface area contributed by atoms with Crippen LogP contribution in [0.1, 0.15) is 21.6 Å². The number of hydrogen-bond acceptors (Lipinski definition) is 2. The fourth-order valence-electron chi connectivity index (χ4n) is 1.57. The third kappa shape index (κ3) is 3.40. The number of amides is 1. The van der Waals surface area contributed by atoms with Crippen LogP contribution >= 0.6 is 15.9 Å². The van der Waals surface area contributed by atoms with Crippen LogP contribution in [0.3, 0.4) is 0 Å². The van der Waals surface area contributed by atoms with Gasteiger partial charge in [0.25, 0.3) is 5.91 Å². The molecule has 92 valence electrons. The molecule has 3 nitrogen and oxygen atoms in total. The van der Waals surface area contributed by atoms with Crippen molar-refractivity contribution in [3.63, 3.8) is 0 Å². The Labute approximate surface area is 114 Å². The summed E-state index contributed by atoms with van der Waals surface area (Å²) in [5.41, 5.74) is 2.60. The maximum atomic E-state index is 11.9. The Hall–Kier alpha value is -1.68. The number of aromatic nitrogens is 1. The van der Waals surface area contributed by atoms with E-state index in [9.17, 15) is 4.79 Å². The number of carbonyl (C=O) groups excluding carboxylic acids is 1. The van der Waals surface area contributed by atoms with Crippen LogP contribution in [0.4, 0.5) is 0 Å². The van der Waals surface area contributed by atoms with E-state index in [1.54, 1.807) is 12.3 Å².